The molecule has 3 rings (SSSR count). The number of carboxylic acids is 1. The van der Waals surface area contributed by atoms with E-state index in [2.05, 4.69) is 18.2 Å². The van der Waals surface area contributed by atoms with Crippen LogP contribution in [0.5, 0.6) is 0 Å². The first-order valence-corrected chi connectivity index (χ1v) is 7.47. The first kappa shape index (κ1) is 13.2. The van der Waals surface area contributed by atoms with Crippen molar-refractivity contribution in [3.8, 4) is 0 Å². The highest BCUT2D eigenvalue weighted by Crippen LogP contribution is 2.37. The highest BCUT2D eigenvalue weighted by molar-refractivity contribution is 5.85. The molecule has 0 radical (unpaired) electrons. The van der Waals surface area contributed by atoms with Crippen molar-refractivity contribution in [1.29, 1.82) is 0 Å². The molecule has 20 heavy (non-hydrogen) atoms. The Balaban J connectivity index is 1.98. The van der Waals surface area contributed by atoms with E-state index < -0.39 is 5.97 Å². The Bertz CT molecular complexity index is 612. The summed E-state index contributed by atoms with van der Waals surface area (Å²) in [7, 11) is 0. The summed E-state index contributed by atoms with van der Waals surface area (Å²) < 4.78 is 0. The molecule has 0 heterocycles. The summed E-state index contributed by atoms with van der Waals surface area (Å²) in [6, 6.07) is 14.2. The molecule has 0 spiro atoms. The molecule has 0 aliphatic heterocycles. The molecule has 1 atom stereocenters. The van der Waals surface area contributed by atoms with Gasteiger partial charge in [0.05, 0.1) is 5.92 Å². The molecule has 0 saturated heterocycles. The smallest absolute Gasteiger partial charge is 0.311 e. The lowest BCUT2D eigenvalue weighted by atomic mass is 9.76. The van der Waals surface area contributed by atoms with E-state index in [9.17, 15) is 9.90 Å². The lowest BCUT2D eigenvalue weighted by Gasteiger charge is -2.28. The van der Waals surface area contributed by atoms with Gasteiger partial charge in [-0.1, -0.05) is 61.7 Å². The van der Waals surface area contributed by atoms with Gasteiger partial charge in [-0.05, 0) is 35.1 Å². The van der Waals surface area contributed by atoms with Crippen LogP contribution in [-0.4, -0.2) is 11.1 Å². The summed E-state index contributed by atoms with van der Waals surface area (Å²) in [5, 5.41) is 12.0. The predicted molar refractivity (Wildman–Crippen MR) is 80.9 cm³/mol. The van der Waals surface area contributed by atoms with Crippen LogP contribution in [0.15, 0.2) is 42.5 Å². The van der Waals surface area contributed by atoms with E-state index in [0.717, 1.165) is 23.8 Å². The van der Waals surface area contributed by atoms with E-state index in [1.54, 1.807) is 0 Å². The van der Waals surface area contributed by atoms with Crippen molar-refractivity contribution in [1.82, 2.24) is 0 Å². The van der Waals surface area contributed by atoms with Gasteiger partial charge in [0.1, 0.15) is 0 Å². The number of carboxylic acid groups (broad SMARTS) is 1. The summed E-state index contributed by atoms with van der Waals surface area (Å²) >= 11 is 0. The fourth-order valence-corrected chi connectivity index (χ4v) is 3.49. The minimum atomic E-state index is -0.674. The Morgan fingerprint density at radius 2 is 1.70 bits per heavy atom. The first-order chi connectivity index (χ1) is 9.75. The average molecular weight is 268 g/mol. The van der Waals surface area contributed by atoms with Crippen molar-refractivity contribution in [2.45, 2.75) is 38.0 Å². The predicted octanol–water partition coefficient (Wildman–Crippen LogP) is 4.59. The van der Waals surface area contributed by atoms with Gasteiger partial charge in [-0.2, -0.15) is 0 Å². The fourth-order valence-electron chi connectivity index (χ4n) is 3.49. The molecule has 2 aromatic rings. The minimum Gasteiger partial charge on any atom is -0.481 e. The lowest BCUT2D eigenvalue weighted by Crippen LogP contribution is -2.23. The maximum Gasteiger partial charge on any atom is 0.311 e. The topological polar surface area (TPSA) is 37.3 Å². The summed E-state index contributed by atoms with van der Waals surface area (Å²) in [6.45, 7) is 0. The van der Waals surface area contributed by atoms with Crippen LogP contribution in [0.25, 0.3) is 10.8 Å². The number of carbonyl (C=O) groups is 1. The van der Waals surface area contributed by atoms with E-state index in [0.29, 0.717) is 5.92 Å². The summed E-state index contributed by atoms with van der Waals surface area (Å²) in [5.41, 5.74) is 0.961. The van der Waals surface area contributed by atoms with E-state index in [1.165, 1.54) is 24.6 Å². The monoisotopic (exact) mass is 268 g/mol. The summed E-state index contributed by atoms with van der Waals surface area (Å²) in [5.74, 6) is -0.727. The van der Waals surface area contributed by atoms with Crippen molar-refractivity contribution < 1.29 is 9.90 Å². The molecule has 1 N–H and O–H groups in total. The third-order valence-electron chi connectivity index (χ3n) is 4.52. The molecule has 2 aromatic carbocycles. The average Bonchev–Trinajstić information content (AvgIpc) is 2.48. The van der Waals surface area contributed by atoms with Crippen molar-refractivity contribution >= 4 is 16.7 Å². The molecule has 0 bridgehead atoms. The standard InChI is InChI=1S/C18H20O2/c19-18(20)17(14-7-2-1-3-8-14)16-11-10-13-6-4-5-9-15(13)12-16/h4-6,9-12,14,17H,1-3,7-8H2,(H,19,20). The van der Waals surface area contributed by atoms with Gasteiger partial charge in [-0.25, -0.2) is 0 Å². The van der Waals surface area contributed by atoms with Gasteiger partial charge in [0.2, 0.25) is 0 Å². The maximum absolute atomic E-state index is 11.7. The fraction of sp³-hybridized carbons (Fsp3) is 0.389. The lowest BCUT2D eigenvalue weighted by molar-refractivity contribution is -0.140. The zero-order chi connectivity index (χ0) is 13.9. The number of rotatable bonds is 3. The van der Waals surface area contributed by atoms with E-state index in [-0.39, 0.29) is 5.92 Å². The van der Waals surface area contributed by atoms with E-state index >= 15 is 0 Å². The van der Waals surface area contributed by atoms with Crippen molar-refractivity contribution in [3.05, 3.63) is 48.0 Å². The second kappa shape index (κ2) is 5.66. The van der Waals surface area contributed by atoms with Crippen molar-refractivity contribution in [3.63, 3.8) is 0 Å². The molecule has 0 amide bonds. The molecular formula is C18H20O2. The number of aliphatic carboxylic acids is 1. The molecule has 2 nitrogen and oxygen atoms in total. The Labute approximate surface area is 119 Å². The highest BCUT2D eigenvalue weighted by atomic mass is 16.4. The Morgan fingerprint density at radius 1 is 1.00 bits per heavy atom. The minimum absolute atomic E-state index is 0.294. The van der Waals surface area contributed by atoms with Crippen LogP contribution < -0.4 is 0 Å². The van der Waals surface area contributed by atoms with Crippen LogP contribution in [0.1, 0.15) is 43.6 Å². The van der Waals surface area contributed by atoms with E-state index in [4.69, 9.17) is 0 Å². The number of fused-ring (bicyclic) bond motifs is 1. The van der Waals surface area contributed by atoms with E-state index in [1.807, 2.05) is 24.3 Å². The van der Waals surface area contributed by atoms with Gasteiger partial charge < -0.3 is 5.11 Å². The van der Waals surface area contributed by atoms with Crippen LogP contribution in [0, 0.1) is 5.92 Å². The van der Waals surface area contributed by atoms with Gasteiger partial charge in [0, 0.05) is 0 Å². The Kier molecular flexibility index (Phi) is 3.72. The van der Waals surface area contributed by atoms with Crippen molar-refractivity contribution in [2.24, 2.45) is 5.92 Å². The molecule has 1 unspecified atom stereocenters. The highest BCUT2D eigenvalue weighted by Gasteiger charge is 2.30. The number of hydrogen-bond acceptors (Lipinski definition) is 1. The van der Waals surface area contributed by atoms with Crippen LogP contribution in [0.4, 0.5) is 0 Å². The summed E-state index contributed by atoms with van der Waals surface area (Å²) in [6.07, 6.45) is 5.68. The first-order valence-electron chi connectivity index (χ1n) is 7.47. The second-order valence-corrected chi connectivity index (χ2v) is 5.82. The van der Waals surface area contributed by atoms with Gasteiger partial charge in [-0.15, -0.1) is 0 Å². The molecule has 2 heteroatoms. The quantitative estimate of drug-likeness (QED) is 0.884. The van der Waals surface area contributed by atoms with Crippen LogP contribution in [0.3, 0.4) is 0 Å². The van der Waals surface area contributed by atoms with Gasteiger partial charge >= 0.3 is 5.97 Å². The number of hydrogen-bond donors (Lipinski definition) is 1. The second-order valence-electron chi connectivity index (χ2n) is 5.82. The normalized spacial score (nSPS) is 18.0. The number of benzene rings is 2. The SMILES string of the molecule is O=C(O)C(c1ccc2ccccc2c1)C1CCCCC1. The zero-order valence-corrected chi connectivity index (χ0v) is 11.6. The van der Waals surface area contributed by atoms with Gasteiger partial charge in [0.25, 0.3) is 0 Å². The van der Waals surface area contributed by atoms with Crippen LogP contribution >= 0.6 is 0 Å². The summed E-state index contributed by atoms with van der Waals surface area (Å²) in [4.78, 5) is 11.7. The van der Waals surface area contributed by atoms with Crippen LogP contribution in [0.2, 0.25) is 0 Å². The Hall–Kier alpha value is -1.83. The molecule has 1 aliphatic carbocycles. The molecule has 1 fully saturated rings. The van der Waals surface area contributed by atoms with Gasteiger partial charge in [0.15, 0.2) is 0 Å². The third-order valence-corrected chi connectivity index (χ3v) is 4.52. The van der Waals surface area contributed by atoms with Crippen LogP contribution in [-0.2, 0) is 4.79 Å². The Morgan fingerprint density at radius 3 is 2.40 bits per heavy atom. The van der Waals surface area contributed by atoms with Gasteiger partial charge in [-0.3, -0.25) is 4.79 Å². The maximum atomic E-state index is 11.7. The molecular weight excluding hydrogens is 248 g/mol. The zero-order valence-electron chi connectivity index (χ0n) is 11.6. The third kappa shape index (κ3) is 2.55. The van der Waals surface area contributed by atoms with Crippen molar-refractivity contribution in [2.75, 3.05) is 0 Å². The molecule has 1 aliphatic rings. The molecule has 104 valence electrons. The largest absolute Gasteiger partial charge is 0.481 e. The molecule has 1 saturated carbocycles. The molecule has 0 aromatic heterocycles.